The average Bonchev–Trinajstić information content (AvgIpc) is 2.59. The maximum Gasteiger partial charge on any atom is 0.276 e. The molecule has 3 amide bonds. The van der Waals surface area contributed by atoms with Crippen LogP contribution in [0.15, 0.2) is 24.3 Å². The topological polar surface area (TPSA) is 78.5 Å². The van der Waals surface area contributed by atoms with E-state index in [4.69, 9.17) is 34.8 Å². The van der Waals surface area contributed by atoms with Crippen molar-refractivity contribution >= 4 is 58.2 Å². The van der Waals surface area contributed by atoms with E-state index in [1.54, 1.807) is 17.0 Å². The van der Waals surface area contributed by atoms with E-state index in [9.17, 15) is 14.4 Å². The first-order valence-corrected chi connectivity index (χ1v) is 9.73. The van der Waals surface area contributed by atoms with Crippen LogP contribution in [0, 0.1) is 5.92 Å². The standard InChI is InChI=1S/C18H24Cl3N3O3/c1-5-24(6-2)16(26)14(11(3)4)23-15(25)12-9-7-8-10-13(12)22-17(27)18(19,20)21/h7-11,14H,5-6H2,1-4H3,(H,22,27)(H,23,25). The average molecular weight is 437 g/mol. The highest BCUT2D eigenvalue weighted by molar-refractivity contribution is 6.76. The first-order valence-electron chi connectivity index (χ1n) is 8.59. The zero-order valence-corrected chi connectivity index (χ0v) is 18.0. The SMILES string of the molecule is CCN(CC)C(=O)C(NC(=O)c1ccccc1NC(=O)C(Cl)(Cl)Cl)C(C)C. The number of halogens is 3. The van der Waals surface area contributed by atoms with Crippen LogP contribution >= 0.6 is 34.8 Å². The van der Waals surface area contributed by atoms with Gasteiger partial charge >= 0.3 is 0 Å². The molecule has 1 rings (SSSR count). The van der Waals surface area contributed by atoms with Crippen molar-refractivity contribution in [1.82, 2.24) is 10.2 Å². The van der Waals surface area contributed by atoms with Crippen molar-refractivity contribution in [3.8, 4) is 0 Å². The molecule has 0 saturated heterocycles. The lowest BCUT2D eigenvalue weighted by Crippen LogP contribution is -2.51. The number of carbonyl (C=O) groups is 3. The normalized spacial score (nSPS) is 12.4. The number of benzene rings is 1. The van der Waals surface area contributed by atoms with Gasteiger partial charge < -0.3 is 15.5 Å². The molecule has 9 heteroatoms. The summed E-state index contributed by atoms with van der Waals surface area (Å²) < 4.78 is -2.16. The van der Waals surface area contributed by atoms with Gasteiger partial charge in [0.05, 0.1) is 11.3 Å². The lowest BCUT2D eigenvalue weighted by Gasteiger charge is -2.28. The summed E-state index contributed by atoms with van der Waals surface area (Å²) in [5.74, 6) is -1.67. The molecule has 1 aromatic rings. The molecule has 2 N–H and O–H groups in total. The molecule has 0 aliphatic heterocycles. The third kappa shape index (κ3) is 6.55. The van der Waals surface area contributed by atoms with Crippen LogP contribution in [0.25, 0.3) is 0 Å². The van der Waals surface area contributed by atoms with Gasteiger partial charge in [-0.2, -0.15) is 0 Å². The van der Waals surface area contributed by atoms with Crippen molar-refractivity contribution in [3.05, 3.63) is 29.8 Å². The van der Waals surface area contributed by atoms with Gasteiger partial charge in [-0.15, -0.1) is 0 Å². The first kappa shape index (κ1) is 23.5. The fourth-order valence-electron chi connectivity index (χ4n) is 2.45. The largest absolute Gasteiger partial charge is 0.341 e. The minimum Gasteiger partial charge on any atom is -0.341 e. The Morgan fingerprint density at radius 1 is 1.07 bits per heavy atom. The fraction of sp³-hybridized carbons (Fsp3) is 0.500. The summed E-state index contributed by atoms with van der Waals surface area (Å²) in [6.07, 6.45) is 0. The Kier molecular flexibility index (Phi) is 8.85. The van der Waals surface area contributed by atoms with Crippen molar-refractivity contribution in [2.75, 3.05) is 18.4 Å². The van der Waals surface area contributed by atoms with Gasteiger partial charge in [0.15, 0.2) is 0 Å². The van der Waals surface area contributed by atoms with Crippen LogP contribution in [0.4, 0.5) is 5.69 Å². The number of carbonyl (C=O) groups excluding carboxylic acids is 3. The summed E-state index contributed by atoms with van der Waals surface area (Å²) in [7, 11) is 0. The summed E-state index contributed by atoms with van der Waals surface area (Å²) in [4.78, 5) is 39.0. The maximum atomic E-state index is 12.8. The third-order valence-corrected chi connectivity index (χ3v) is 4.49. The molecule has 0 aliphatic rings. The smallest absolute Gasteiger partial charge is 0.276 e. The zero-order chi connectivity index (χ0) is 20.8. The highest BCUT2D eigenvalue weighted by Crippen LogP contribution is 2.28. The molecular weight excluding hydrogens is 413 g/mol. The van der Waals surface area contributed by atoms with Crippen LogP contribution in [0.1, 0.15) is 38.1 Å². The molecule has 27 heavy (non-hydrogen) atoms. The van der Waals surface area contributed by atoms with Crippen molar-refractivity contribution < 1.29 is 14.4 Å². The lowest BCUT2D eigenvalue weighted by molar-refractivity contribution is -0.133. The number of alkyl halides is 3. The zero-order valence-electron chi connectivity index (χ0n) is 15.7. The van der Waals surface area contributed by atoms with Crippen LogP contribution in [-0.2, 0) is 9.59 Å². The molecule has 0 spiro atoms. The van der Waals surface area contributed by atoms with Crippen molar-refractivity contribution in [2.24, 2.45) is 5.92 Å². The minimum atomic E-state index is -2.16. The molecule has 6 nitrogen and oxygen atoms in total. The minimum absolute atomic E-state index is 0.120. The second kappa shape index (κ2) is 10.2. The number of anilines is 1. The summed E-state index contributed by atoms with van der Waals surface area (Å²) >= 11 is 16.7. The monoisotopic (exact) mass is 435 g/mol. The molecule has 0 bridgehead atoms. The summed E-state index contributed by atoms with van der Waals surface area (Å²) in [5, 5.41) is 5.17. The predicted octanol–water partition coefficient (Wildman–Crippen LogP) is 3.62. The van der Waals surface area contributed by atoms with Gasteiger partial charge in [-0.3, -0.25) is 14.4 Å². The Hall–Kier alpha value is -1.50. The molecular formula is C18H24Cl3N3O3. The number of nitrogens with one attached hydrogen (secondary N) is 2. The van der Waals surface area contributed by atoms with Gasteiger partial charge in [0, 0.05) is 13.1 Å². The highest BCUT2D eigenvalue weighted by Gasteiger charge is 2.32. The molecule has 0 heterocycles. The van der Waals surface area contributed by atoms with Crippen molar-refractivity contribution in [1.29, 1.82) is 0 Å². The van der Waals surface area contributed by atoms with Gasteiger partial charge in [-0.25, -0.2) is 0 Å². The molecule has 150 valence electrons. The summed E-state index contributed by atoms with van der Waals surface area (Å²) in [6, 6.07) is 5.60. The summed E-state index contributed by atoms with van der Waals surface area (Å²) in [5.41, 5.74) is 0.349. The Labute approximate surface area is 174 Å². The van der Waals surface area contributed by atoms with Gasteiger partial charge in [0.2, 0.25) is 5.91 Å². The van der Waals surface area contributed by atoms with E-state index in [1.807, 2.05) is 27.7 Å². The Morgan fingerprint density at radius 2 is 1.63 bits per heavy atom. The molecule has 0 aromatic heterocycles. The number of hydrogen-bond donors (Lipinski definition) is 2. The number of rotatable bonds is 7. The van der Waals surface area contributed by atoms with Gasteiger partial charge in [-0.05, 0) is 31.9 Å². The Balaban J connectivity index is 3.08. The second-order valence-corrected chi connectivity index (χ2v) is 8.48. The van der Waals surface area contributed by atoms with Crippen molar-refractivity contribution in [2.45, 2.75) is 37.5 Å². The lowest BCUT2D eigenvalue weighted by atomic mass is 10.0. The van der Waals surface area contributed by atoms with Crippen molar-refractivity contribution in [3.63, 3.8) is 0 Å². The molecule has 1 unspecified atom stereocenters. The molecule has 0 aliphatic carbocycles. The fourth-order valence-corrected chi connectivity index (χ4v) is 2.59. The van der Waals surface area contributed by atoms with Gasteiger partial charge in [0.25, 0.3) is 15.6 Å². The molecule has 1 aromatic carbocycles. The van der Waals surface area contributed by atoms with E-state index in [1.165, 1.54) is 12.1 Å². The summed E-state index contributed by atoms with van der Waals surface area (Å²) in [6.45, 7) is 8.55. The van der Waals surface area contributed by atoms with Crippen LogP contribution in [0.2, 0.25) is 0 Å². The molecule has 0 fully saturated rings. The van der Waals surface area contributed by atoms with E-state index in [2.05, 4.69) is 10.6 Å². The van der Waals surface area contributed by atoms with Crippen LogP contribution in [0.5, 0.6) is 0 Å². The van der Waals surface area contributed by atoms with E-state index >= 15 is 0 Å². The van der Waals surface area contributed by atoms with Crippen LogP contribution in [-0.4, -0.2) is 45.5 Å². The second-order valence-electron chi connectivity index (χ2n) is 6.20. The third-order valence-electron chi connectivity index (χ3n) is 3.97. The first-order chi connectivity index (χ1) is 12.5. The number of amides is 3. The van der Waals surface area contributed by atoms with Crippen LogP contribution < -0.4 is 10.6 Å². The Morgan fingerprint density at radius 3 is 2.11 bits per heavy atom. The molecule has 1 atom stereocenters. The Bertz CT molecular complexity index is 686. The van der Waals surface area contributed by atoms with Gasteiger partial charge in [0.1, 0.15) is 6.04 Å². The molecule has 0 radical (unpaired) electrons. The number of likely N-dealkylation sites (N-methyl/N-ethyl adjacent to an activating group) is 1. The van der Waals surface area contributed by atoms with E-state index in [0.29, 0.717) is 13.1 Å². The highest BCUT2D eigenvalue weighted by atomic mass is 35.6. The van der Waals surface area contributed by atoms with Gasteiger partial charge in [-0.1, -0.05) is 60.8 Å². The van der Waals surface area contributed by atoms with Crippen LogP contribution in [0.3, 0.4) is 0 Å². The number of nitrogens with zero attached hydrogens (tertiary/aromatic N) is 1. The number of hydrogen-bond acceptors (Lipinski definition) is 3. The van der Waals surface area contributed by atoms with E-state index < -0.39 is 21.6 Å². The van der Waals surface area contributed by atoms with E-state index in [0.717, 1.165) is 0 Å². The molecule has 0 saturated carbocycles. The maximum absolute atomic E-state index is 12.8. The predicted molar refractivity (Wildman–Crippen MR) is 109 cm³/mol. The van der Waals surface area contributed by atoms with E-state index in [-0.39, 0.29) is 23.1 Å². The quantitative estimate of drug-likeness (QED) is 0.641. The number of para-hydroxylation sites is 1.